The zero-order chi connectivity index (χ0) is 8.39. The second-order valence-electron chi connectivity index (χ2n) is 3.14. The number of hydrogen-bond donors (Lipinski definition) is 1. The predicted molar refractivity (Wildman–Crippen MR) is 50.1 cm³/mol. The number of aromatic nitrogens is 1. The van der Waals surface area contributed by atoms with Crippen molar-refractivity contribution in [2.24, 2.45) is 0 Å². The Balaban J connectivity index is 2.17. The van der Waals surface area contributed by atoms with Crippen LogP contribution in [0.4, 0.5) is 11.5 Å². The Morgan fingerprint density at radius 2 is 2.00 bits per heavy atom. The summed E-state index contributed by atoms with van der Waals surface area (Å²) in [4.78, 5) is 6.40. The lowest BCUT2D eigenvalue weighted by atomic mass is 10.4. The first-order valence-corrected chi connectivity index (χ1v) is 4.33. The molecule has 64 valence electrons. The first-order chi connectivity index (χ1) is 5.86. The van der Waals surface area contributed by atoms with Crippen LogP contribution in [-0.4, -0.2) is 18.1 Å². The molecule has 12 heavy (non-hydrogen) atoms. The van der Waals surface area contributed by atoms with Crippen molar-refractivity contribution in [3.05, 3.63) is 18.3 Å². The summed E-state index contributed by atoms with van der Waals surface area (Å²) < 4.78 is 0. The number of nitrogens with zero attached hydrogens (tertiary/aromatic N) is 2. The van der Waals surface area contributed by atoms with Gasteiger partial charge in [-0.15, -0.1) is 0 Å². The first-order valence-electron chi connectivity index (χ1n) is 4.33. The molecule has 0 spiro atoms. The fourth-order valence-electron chi connectivity index (χ4n) is 1.56. The van der Waals surface area contributed by atoms with Gasteiger partial charge in [0.2, 0.25) is 0 Å². The van der Waals surface area contributed by atoms with Crippen LogP contribution in [-0.2, 0) is 0 Å². The maximum Gasteiger partial charge on any atom is 0.123 e. The molecule has 1 aromatic heterocycles. The van der Waals surface area contributed by atoms with E-state index in [0.29, 0.717) is 5.82 Å². The van der Waals surface area contributed by atoms with Gasteiger partial charge in [-0.1, -0.05) is 0 Å². The van der Waals surface area contributed by atoms with E-state index in [9.17, 15) is 0 Å². The van der Waals surface area contributed by atoms with E-state index < -0.39 is 0 Å². The molecule has 2 N–H and O–H groups in total. The molecule has 0 atom stereocenters. The molecular formula is C9H13N3. The van der Waals surface area contributed by atoms with Crippen LogP contribution >= 0.6 is 0 Å². The fourth-order valence-corrected chi connectivity index (χ4v) is 1.56. The summed E-state index contributed by atoms with van der Waals surface area (Å²) in [5.41, 5.74) is 6.69. The van der Waals surface area contributed by atoms with Crippen LogP contribution in [0.15, 0.2) is 18.3 Å². The second kappa shape index (κ2) is 3.01. The lowest BCUT2D eigenvalue weighted by molar-refractivity contribution is 0.949. The molecule has 2 heterocycles. The maximum absolute atomic E-state index is 5.50. The van der Waals surface area contributed by atoms with E-state index >= 15 is 0 Å². The molecule has 1 aliphatic heterocycles. The highest BCUT2D eigenvalue weighted by atomic mass is 15.1. The van der Waals surface area contributed by atoms with Gasteiger partial charge in [-0.05, 0) is 25.0 Å². The minimum absolute atomic E-state index is 0.595. The number of nitrogen functional groups attached to an aromatic ring is 1. The SMILES string of the molecule is Nc1ccc(N2CCCC2)cn1. The van der Waals surface area contributed by atoms with Crippen LogP contribution in [0.2, 0.25) is 0 Å². The molecule has 2 rings (SSSR count). The minimum atomic E-state index is 0.595. The monoisotopic (exact) mass is 163 g/mol. The van der Waals surface area contributed by atoms with Crippen LogP contribution in [0.3, 0.4) is 0 Å². The highest BCUT2D eigenvalue weighted by Gasteiger charge is 2.11. The largest absolute Gasteiger partial charge is 0.384 e. The van der Waals surface area contributed by atoms with Gasteiger partial charge in [-0.2, -0.15) is 0 Å². The Bertz CT molecular complexity index is 249. The van der Waals surface area contributed by atoms with E-state index in [4.69, 9.17) is 5.73 Å². The summed E-state index contributed by atoms with van der Waals surface area (Å²) in [6.07, 6.45) is 4.44. The van der Waals surface area contributed by atoms with Crippen molar-refractivity contribution in [2.45, 2.75) is 12.8 Å². The third-order valence-electron chi connectivity index (χ3n) is 2.24. The van der Waals surface area contributed by atoms with E-state index in [-0.39, 0.29) is 0 Å². The lowest BCUT2D eigenvalue weighted by Gasteiger charge is -2.16. The first kappa shape index (κ1) is 7.40. The van der Waals surface area contributed by atoms with Crippen molar-refractivity contribution >= 4 is 11.5 Å². The van der Waals surface area contributed by atoms with E-state index in [1.54, 1.807) is 0 Å². The molecule has 0 bridgehead atoms. The maximum atomic E-state index is 5.50. The fraction of sp³-hybridized carbons (Fsp3) is 0.444. The summed E-state index contributed by atoms with van der Waals surface area (Å²) in [5, 5.41) is 0. The summed E-state index contributed by atoms with van der Waals surface area (Å²) in [5.74, 6) is 0.595. The van der Waals surface area contributed by atoms with Crippen molar-refractivity contribution in [3.63, 3.8) is 0 Å². The molecule has 1 aromatic rings. The average Bonchev–Trinajstić information content (AvgIpc) is 2.58. The third-order valence-corrected chi connectivity index (χ3v) is 2.24. The Morgan fingerprint density at radius 1 is 1.25 bits per heavy atom. The van der Waals surface area contributed by atoms with Crippen LogP contribution in [0.1, 0.15) is 12.8 Å². The summed E-state index contributed by atoms with van der Waals surface area (Å²) in [6, 6.07) is 3.89. The van der Waals surface area contributed by atoms with Crippen molar-refractivity contribution in [1.82, 2.24) is 4.98 Å². The van der Waals surface area contributed by atoms with Crippen molar-refractivity contribution in [3.8, 4) is 0 Å². The van der Waals surface area contributed by atoms with Gasteiger partial charge in [0, 0.05) is 13.1 Å². The molecule has 0 amide bonds. The Morgan fingerprint density at radius 3 is 2.58 bits per heavy atom. The molecule has 1 aliphatic rings. The van der Waals surface area contributed by atoms with E-state index in [0.717, 1.165) is 13.1 Å². The quantitative estimate of drug-likeness (QED) is 0.677. The Kier molecular flexibility index (Phi) is 1.86. The van der Waals surface area contributed by atoms with Gasteiger partial charge < -0.3 is 10.6 Å². The molecule has 1 fully saturated rings. The molecule has 1 saturated heterocycles. The molecule has 0 aliphatic carbocycles. The van der Waals surface area contributed by atoms with Crippen LogP contribution in [0, 0.1) is 0 Å². The summed E-state index contributed by atoms with van der Waals surface area (Å²) in [7, 11) is 0. The van der Waals surface area contributed by atoms with Crippen LogP contribution in [0.5, 0.6) is 0 Å². The molecule has 3 heteroatoms. The topological polar surface area (TPSA) is 42.1 Å². The summed E-state index contributed by atoms with van der Waals surface area (Å²) in [6.45, 7) is 2.32. The van der Waals surface area contributed by atoms with Gasteiger partial charge in [-0.25, -0.2) is 4.98 Å². The van der Waals surface area contributed by atoms with Gasteiger partial charge in [0.05, 0.1) is 11.9 Å². The number of anilines is 2. The standard InChI is InChI=1S/C9H13N3/c10-9-4-3-8(7-11-9)12-5-1-2-6-12/h3-4,7H,1-2,5-6H2,(H2,10,11). The smallest absolute Gasteiger partial charge is 0.123 e. The highest BCUT2D eigenvalue weighted by Crippen LogP contribution is 2.18. The lowest BCUT2D eigenvalue weighted by Crippen LogP contribution is -2.17. The molecule has 0 saturated carbocycles. The van der Waals surface area contributed by atoms with E-state index in [1.165, 1.54) is 18.5 Å². The molecular weight excluding hydrogens is 150 g/mol. The molecule has 0 unspecified atom stereocenters. The molecule has 0 aromatic carbocycles. The number of nitrogens with two attached hydrogens (primary N) is 1. The number of hydrogen-bond acceptors (Lipinski definition) is 3. The van der Waals surface area contributed by atoms with E-state index in [2.05, 4.69) is 9.88 Å². The van der Waals surface area contributed by atoms with E-state index in [1.807, 2.05) is 18.3 Å². The second-order valence-corrected chi connectivity index (χ2v) is 3.14. The normalized spacial score (nSPS) is 16.8. The predicted octanol–water partition coefficient (Wildman–Crippen LogP) is 1.26. The van der Waals surface area contributed by atoms with Crippen molar-refractivity contribution in [2.75, 3.05) is 23.7 Å². The van der Waals surface area contributed by atoms with Gasteiger partial charge in [0.1, 0.15) is 5.82 Å². The highest BCUT2D eigenvalue weighted by molar-refractivity contribution is 5.48. The Hall–Kier alpha value is -1.25. The zero-order valence-corrected chi connectivity index (χ0v) is 7.03. The minimum Gasteiger partial charge on any atom is -0.384 e. The van der Waals surface area contributed by atoms with Gasteiger partial charge in [0.15, 0.2) is 0 Å². The molecule has 0 radical (unpaired) electrons. The third kappa shape index (κ3) is 1.35. The van der Waals surface area contributed by atoms with Gasteiger partial charge >= 0.3 is 0 Å². The van der Waals surface area contributed by atoms with Gasteiger partial charge in [-0.3, -0.25) is 0 Å². The Labute approximate surface area is 72.2 Å². The molecule has 3 nitrogen and oxygen atoms in total. The number of rotatable bonds is 1. The van der Waals surface area contributed by atoms with Crippen molar-refractivity contribution in [1.29, 1.82) is 0 Å². The summed E-state index contributed by atoms with van der Waals surface area (Å²) >= 11 is 0. The van der Waals surface area contributed by atoms with Crippen molar-refractivity contribution < 1.29 is 0 Å². The van der Waals surface area contributed by atoms with Crippen LogP contribution in [0.25, 0.3) is 0 Å². The zero-order valence-electron chi connectivity index (χ0n) is 7.03. The van der Waals surface area contributed by atoms with Crippen LogP contribution < -0.4 is 10.6 Å². The number of pyridine rings is 1. The van der Waals surface area contributed by atoms with Gasteiger partial charge in [0.25, 0.3) is 0 Å². The average molecular weight is 163 g/mol.